The highest BCUT2D eigenvalue weighted by molar-refractivity contribution is 6.00. The number of methoxy groups -OCH3 is 1. The third kappa shape index (κ3) is 8.62. The van der Waals surface area contributed by atoms with Gasteiger partial charge in [0.15, 0.2) is 0 Å². The Morgan fingerprint density at radius 1 is 1.00 bits per heavy atom. The van der Waals surface area contributed by atoms with Crippen LogP contribution in [0.4, 0.5) is 10.5 Å². The van der Waals surface area contributed by atoms with Crippen molar-refractivity contribution in [3.05, 3.63) is 54.1 Å². The molecular weight excluding hydrogens is 516 g/mol. The van der Waals surface area contributed by atoms with Gasteiger partial charge >= 0.3 is 6.09 Å². The molecule has 0 aliphatic carbocycles. The van der Waals surface area contributed by atoms with Gasteiger partial charge in [0.05, 0.1) is 13.5 Å². The molecule has 0 saturated heterocycles. The number of phenolic OH excluding ortho intramolecular Hbond substituents is 1. The van der Waals surface area contributed by atoms with Crippen molar-refractivity contribution in [2.75, 3.05) is 12.4 Å². The van der Waals surface area contributed by atoms with E-state index < -0.39 is 53.5 Å². The van der Waals surface area contributed by atoms with Crippen LogP contribution >= 0.6 is 0 Å². The van der Waals surface area contributed by atoms with Crippen LogP contribution in [0.1, 0.15) is 66.0 Å². The van der Waals surface area contributed by atoms with Crippen LogP contribution in [-0.2, 0) is 19.1 Å². The molecule has 0 aliphatic rings. The number of rotatable bonds is 11. The van der Waals surface area contributed by atoms with Crippen molar-refractivity contribution in [1.29, 1.82) is 0 Å². The van der Waals surface area contributed by atoms with Crippen LogP contribution in [0, 0.1) is 0 Å². The summed E-state index contributed by atoms with van der Waals surface area (Å²) in [4.78, 5) is 54.0. The van der Waals surface area contributed by atoms with Crippen molar-refractivity contribution >= 4 is 29.5 Å². The van der Waals surface area contributed by atoms with Gasteiger partial charge in [0, 0.05) is 16.8 Å². The standard InChI is InChI=1S/C29H40N4O7/c1-8-29(5,6)33(26(37)21(17-23(30)35)32-27(38)40-28(2,3)4)24(20-11-9-10-12-22(20)34)25(36)31-18-13-15-19(39-7)16-14-18/h9-16,21,24,34H,8,17H2,1-7H3,(H2,30,35)(H,31,36)(H,32,38). The number of aromatic hydroxyl groups is 1. The Balaban J connectivity index is 2.64. The molecule has 0 bridgehead atoms. The van der Waals surface area contributed by atoms with E-state index in [1.807, 2.05) is 6.92 Å². The van der Waals surface area contributed by atoms with Crippen LogP contribution < -0.4 is 21.1 Å². The van der Waals surface area contributed by atoms with Crippen molar-refractivity contribution in [3.63, 3.8) is 0 Å². The molecular formula is C29H40N4O7. The molecule has 0 saturated carbocycles. The fourth-order valence-electron chi connectivity index (χ4n) is 3.97. The molecule has 2 aromatic rings. The number of nitrogens with one attached hydrogen (secondary N) is 2. The summed E-state index contributed by atoms with van der Waals surface area (Å²) < 4.78 is 10.5. The van der Waals surface area contributed by atoms with Gasteiger partial charge in [0.25, 0.3) is 5.91 Å². The summed E-state index contributed by atoms with van der Waals surface area (Å²) >= 11 is 0. The maximum Gasteiger partial charge on any atom is 0.408 e. The Kier molecular flexibility index (Phi) is 10.5. The van der Waals surface area contributed by atoms with E-state index in [-0.39, 0.29) is 11.3 Å². The molecule has 4 amide bonds. The number of alkyl carbamates (subject to hydrolysis) is 1. The molecule has 40 heavy (non-hydrogen) atoms. The number of hydrogen-bond acceptors (Lipinski definition) is 7. The Morgan fingerprint density at radius 3 is 2.10 bits per heavy atom. The van der Waals surface area contributed by atoms with Gasteiger partial charge in [-0.1, -0.05) is 25.1 Å². The molecule has 2 aromatic carbocycles. The predicted molar refractivity (Wildman–Crippen MR) is 151 cm³/mol. The van der Waals surface area contributed by atoms with E-state index in [9.17, 15) is 24.3 Å². The fourth-order valence-corrected chi connectivity index (χ4v) is 3.97. The average Bonchev–Trinajstić information content (AvgIpc) is 2.86. The van der Waals surface area contributed by atoms with Gasteiger partial charge in [-0.25, -0.2) is 4.79 Å². The van der Waals surface area contributed by atoms with E-state index in [1.54, 1.807) is 71.0 Å². The van der Waals surface area contributed by atoms with Crippen LogP contribution in [0.2, 0.25) is 0 Å². The minimum absolute atomic E-state index is 0.151. The lowest BCUT2D eigenvalue weighted by atomic mass is 9.91. The molecule has 11 heteroatoms. The maximum atomic E-state index is 14.2. The summed E-state index contributed by atoms with van der Waals surface area (Å²) in [6.45, 7) is 10.3. The molecule has 5 N–H and O–H groups in total. The second-order valence-corrected chi connectivity index (χ2v) is 10.9. The topological polar surface area (TPSA) is 160 Å². The lowest BCUT2D eigenvalue weighted by Gasteiger charge is -2.44. The second kappa shape index (κ2) is 13.2. The predicted octanol–water partition coefficient (Wildman–Crippen LogP) is 3.87. The van der Waals surface area contributed by atoms with E-state index >= 15 is 0 Å². The highest BCUT2D eigenvalue weighted by atomic mass is 16.6. The summed E-state index contributed by atoms with van der Waals surface area (Å²) in [5.74, 6) is -1.85. The monoisotopic (exact) mass is 556 g/mol. The van der Waals surface area contributed by atoms with Crippen molar-refractivity contribution in [2.45, 2.75) is 77.6 Å². The van der Waals surface area contributed by atoms with Crippen molar-refractivity contribution in [3.8, 4) is 11.5 Å². The van der Waals surface area contributed by atoms with Gasteiger partial charge in [-0.2, -0.15) is 0 Å². The van der Waals surface area contributed by atoms with Crippen LogP contribution in [0.5, 0.6) is 11.5 Å². The third-order valence-corrected chi connectivity index (χ3v) is 6.24. The maximum absolute atomic E-state index is 14.2. The highest BCUT2D eigenvalue weighted by Gasteiger charge is 2.44. The van der Waals surface area contributed by atoms with Crippen LogP contribution in [0.25, 0.3) is 0 Å². The number of carbonyl (C=O) groups excluding carboxylic acids is 4. The van der Waals surface area contributed by atoms with Crippen molar-refractivity contribution in [2.24, 2.45) is 5.73 Å². The molecule has 2 unspecified atom stereocenters. The lowest BCUT2D eigenvalue weighted by Crippen LogP contribution is -2.59. The van der Waals surface area contributed by atoms with E-state index in [0.29, 0.717) is 17.9 Å². The summed E-state index contributed by atoms with van der Waals surface area (Å²) in [6.07, 6.45) is -1.08. The minimum Gasteiger partial charge on any atom is -0.508 e. The molecule has 0 fully saturated rings. The highest BCUT2D eigenvalue weighted by Crippen LogP contribution is 2.36. The van der Waals surface area contributed by atoms with Gasteiger partial charge < -0.3 is 35.8 Å². The SMILES string of the molecule is CCC(C)(C)N(C(=O)C(CC(N)=O)NC(=O)OC(C)(C)C)C(C(=O)Nc1ccc(OC)cc1)c1ccccc1O. The Hall–Kier alpha value is -4.28. The van der Waals surface area contributed by atoms with Gasteiger partial charge in [0.2, 0.25) is 11.8 Å². The first kappa shape index (κ1) is 31.9. The molecule has 11 nitrogen and oxygen atoms in total. The molecule has 0 aliphatic heterocycles. The first-order valence-corrected chi connectivity index (χ1v) is 12.9. The van der Waals surface area contributed by atoms with Crippen LogP contribution in [0.3, 0.4) is 0 Å². The summed E-state index contributed by atoms with van der Waals surface area (Å²) in [5, 5.41) is 16.0. The lowest BCUT2D eigenvalue weighted by molar-refractivity contribution is -0.148. The number of benzene rings is 2. The second-order valence-electron chi connectivity index (χ2n) is 10.9. The van der Waals surface area contributed by atoms with E-state index in [4.69, 9.17) is 15.2 Å². The number of nitrogens with two attached hydrogens (primary N) is 1. The zero-order valence-corrected chi connectivity index (χ0v) is 24.1. The number of hydrogen-bond donors (Lipinski definition) is 4. The summed E-state index contributed by atoms with van der Waals surface area (Å²) in [5.41, 5.74) is 4.15. The minimum atomic E-state index is -1.44. The molecule has 218 valence electrons. The number of para-hydroxylation sites is 1. The van der Waals surface area contributed by atoms with Crippen molar-refractivity contribution < 1.29 is 33.8 Å². The molecule has 0 heterocycles. The number of ether oxygens (including phenoxy) is 2. The molecule has 0 aromatic heterocycles. The summed E-state index contributed by atoms with van der Waals surface area (Å²) in [7, 11) is 1.52. The Labute approximate surface area is 235 Å². The number of nitrogens with zero attached hydrogens (tertiary/aromatic N) is 1. The number of carbonyl (C=O) groups is 4. The number of amides is 4. The van der Waals surface area contributed by atoms with Crippen LogP contribution in [0.15, 0.2) is 48.5 Å². The van der Waals surface area contributed by atoms with Gasteiger partial charge in [0.1, 0.15) is 29.2 Å². The largest absolute Gasteiger partial charge is 0.508 e. The van der Waals surface area contributed by atoms with Crippen LogP contribution in [-0.4, -0.2) is 58.1 Å². The first-order valence-electron chi connectivity index (χ1n) is 12.9. The van der Waals surface area contributed by atoms with Gasteiger partial charge in [-0.3, -0.25) is 14.4 Å². The normalized spacial score (nSPS) is 13.0. The average molecular weight is 557 g/mol. The zero-order chi connectivity index (χ0) is 30.3. The van der Waals surface area contributed by atoms with E-state index in [2.05, 4.69) is 10.6 Å². The van der Waals surface area contributed by atoms with E-state index in [0.717, 1.165) is 0 Å². The molecule has 2 rings (SSSR count). The molecule has 0 spiro atoms. The van der Waals surface area contributed by atoms with E-state index in [1.165, 1.54) is 24.1 Å². The quantitative estimate of drug-likeness (QED) is 0.327. The van der Waals surface area contributed by atoms with Crippen molar-refractivity contribution in [1.82, 2.24) is 10.2 Å². The number of anilines is 1. The zero-order valence-electron chi connectivity index (χ0n) is 24.1. The number of primary amides is 1. The Bertz CT molecular complexity index is 1210. The Morgan fingerprint density at radius 2 is 1.60 bits per heavy atom. The third-order valence-electron chi connectivity index (χ3n) is 6.24. The fraction of sp³-hybridized carbons (Fsp3) is 0.448. The first-order chi connectivity index (χ1) is 18.6. The number of phenols is 1. The molecule has 2 atom stereocenters. The van der Waals surface area contributed by atoms with Gasteiger partial charge in [-0.15, -0.1) is 0 Å². The molecule has 0 radical (unpaired) electrons. The smallest absolute Gasteiger partial charge is 0.408 e. The summed E-state index contributed by atoms with van der Waals surface area (Å²) in [6, 6.07) is 9.95. The van der Waals surface area contributed by atoms with Gasteiger partial charge in [-0.05, 0) is 71.4 Å².